The van der Waals surface area contributed by atoms with E-state index in [-0.39, 0.29) is 6.04 Å². The number of likely N-dealkylation sites (tertiary alicyclic amines) is 1. The normalized spacial score (nSPS) is 21.3. The molecule has 0 spiro atoms. The molecular formula is C17H24N2O. The van der Waals surface area contributed by atoms with Crippen molar-refractivity contribution < 1.29 is 4.74 Å². The molecule has 0 aliphatic carbocycles. The molecule has 2 atom stereocenters. The maximum absolute atomic E-state index is 9.13. The summed E-state index contributed by atoms with van der Waals surface area (Å²) in [6, 6.07) is 12.9. The van der Waals surface area contributed by atoms with Crippen molar-refractivity contribution in [3.8, 4) is 6.07 Å². The zero-order valence-electron chi connectivity index (χ0n) is 12.3. The standard InChI is InChI=1S/C17H24N2O/c1-2-13-20-16-9-6-12-19(14-16)17(10-11-18)15-7-4-3-5-8-15/h3-5,7-8,16-17H,2,6,9-10,12-14H2,1H3. The van der Waals surface area contributed by atoms with Crippen molar-refractivity contribution in [1.82, 2.24) is 4.90 Å². The fraction of sp³-hybridized carbons (Fsp3) is 0.588. The van der Waals surface area contributed by atoms with Crippen LogP contribution in [0.1, 0.15) is 44.2 Å². The van der Waals surface area contributed by atoms with E-state index < -0.39 is 0 Å². The van der Waals surface area contributed by atoms with Crippen molar-refractivity contribution in [2.75, 3.05) is 19.7 Å². The Kier molecular flexibility index (Phi) is 6.04. The number of piperidine rings is 1. The van der Waals surface area contributed by atoms with Gasteiger partial charge in [0.1, 0.15) is 0 Å². The third-order valence-corrected chi connectivity index (χ3v) is 3.88. The van der Waals surface area contributed by atoms with Crippen molar-refractivity contribution in [3.05, 3.63) is 35.9 Å². The van der Waals surface area contributed by atoms with Crippen LogP contribution >= 0.6 is 0 Å². The number of nitrogens with zero attached hydrogens (tertiary/aromatic N) is 2. The van der Waals surface area contributed by atoms with Gasteiger partial charge in [-0.2, -0.15) is 5.26 Å². The van der Waals surface area contributed by atoms with Gasteiger partial charge in [0.25, 0.3) is 0 Å². The fourth-order valence-corrected chi connectivity index (χ4v) is 2.89. The lowest BCUT2D eigenvalue weighted by atomic mass is 9.98. The van der Waals surface area contributed by atoms with E-state index in [1.54, 1.807) is 0 Å². The number of hydrogen-bond acceptors (Lipinski definition) is 3. The summed E-state index contributed by atoms with van der Waals surface area (Å²) in [4.78, 5) is 2.42. The van der Waals surface area contributed by atoms with Gasteiger partial charge in [-0.15, -0.1) is 0 Å². The number of nitriles is 1. The Morgan fingerprint density at radius 3 is 2.90 bits per heavy atom. The summed E-state index contributed by atoms with van der Waals surface area (Å²) in [6.07, 6.45) is 4.24. The van der Waals surface area contributed by atoms with Crippen molar-refractivity contribution in [2.45, 2.75) is 44.8 Å². The van der Waals surface area contributed by atoms with Crippen molar-refractivity contribution in [1.29, 1.82) is 5.26 Å². The second-order valence-corrected chi connectivity index (χ2v) is 5.42. The zero-order chi connectivity index (χ0) is 14.2. The highest BCUT2D eigenvalue weighted by Gasteiger charge is 2.27. The first-order valence-electron chi connectivity index (χ1n) is 7.62. The first-order valence-corrected chi connectivity index (χ1v) is 7.62. The van der Waals surface area contributed by atoms with Crippen LogP contribution in [0.3, 0.4) is 0 Å². The second-order valence-electron chi connectivity index (χ2n) is 5.42. The predicted molar refractivity (Wildman–Crippen MR) is 80.3 cm³/mol. The minimum Gasteiger partial charge on any atom is -0.377 e. The van der Waals surface area contributed by atoms with E-state index in [9.17, 15) is 0 Å². The van der Waals surface area contributed by atoms with Crippen LogP contribution in [0.4, 0.5) is 0 Å². The largest absolute Gasteiger partial charge is 0.377 e. The first-order chi connectivity index (χ1) is 9.85. The first kappa shape index (κ1) is 15.0. The van der Waals surface area contributed by atoms with Crippen LogP contribution < -0.4 is 0 Å². The van der Waals surface area contributed by atoms with Crippen LogP contribution in [0.25, 0.3) is 0 Å². The van der Waals surface area contributed by atoms with Crippen LogP contribution in [-0.4, -0.2) is 30.7 Å². The third-order valence-electron chi connectivity index (χ3n) is 3.88. The van der Waals surface area contributed by atoms with Gasteiger partial charge in [-0.25, -0.2) is 0 Å². The minimum absolute atomic E-state index is 0.203. The van der Waals surface area contributed by atoms with Gasteiger partial charge in [0.15, 0.2) is 0 Å². The molecule has 2 rings (SSSR count). The van der Waals surface area contributed by atoms with Gasteiger partial charge in [0, 0.05) is 19.2 Å². The molecule has 0 bridgehead atoms. The number of rotatable bonds is 6. The van der Waals surface area contributed by atoms with Gasteiger partial charge < -0.3 is 4.74 Å². The van der Waals surface area contributed by atoms with E-state index in [1.807, 2.05) is 6.07 Å². The smallest absolute Gasteiger partial charge is 0.0702 e. The molecular weight excluding hydrogens is 248 g/mol. The van der Waals surface area contributed by atoms with Crippen LogP contribution in [0.15, 0.2) is 30.3 Å². The quantitative estimate of drug-likeness (QED) is 0.795. The Hall–Kier alpha value is -1.37. The molecule has 1 heterocycles. The molecule has 1 aromatic carbocycles. The average Bonchev–Trinajstić information content (AvgIpc) is 2.52. The summed E-state index contributed by atoms with van der Waals surface area (Å²) < 4.78 is 5.90. The van der Waals surface area contributed by atoms with Crippen molar-refractivity contribution in [3.63, 3.8) is 0 Å². The molecule has 2 unspecified atom stereocenters. The number of ether oxygens (including phenoxy) is 1. The Morgan fingerprint density at radius 1 is 1.40 bits per heavy atom. The van der Waals surface area contributed by atoms with Crippen LogP contribution in [0.2, 0.25) is 0 Å². The van der Waals surface area contributed by atoms with E-state index in [2.05, 4.69) is 42.2 Å². The molecule has 0 amide bonds. The van der Waals surface area contributed by atoms with Gasteiger partial charge in [-0.3, -0.25) is 4.90 Å². The third kappa shape index (κ3) is 4.06. The Bertz CT molecular complexity index is 426. The van der Waals surface area contributed by atoms with Crippen LogP contribution in [-0.2, 0) is 4.74 Å². The maximum Gasteiger partial charge on any atom is 0.0702 e. The van der Waals surface area contributed by atoms with Gasteiger partial charge >= 0.3 is 0 Å². The maximum atomic E-state index is 9.13. The van der Waals surface area contributed by atoms with Gasteiger partial charge in [0.05, 0.1) is 18.6 Å². The van der Waals surface area contributed by atoms with Crippen LogP contribution in [0, 0.1) is 11.3 Å². The van der Waals surface area contributed by atoms with Gasteiger partial charge in [0.2, 0.25) is 0 Å². The molecule has 108 valence electrons. The lowest BCUT2D eigenvalue weighted by Gasteiger charge is -2.37. The highest BCUT2D eigenvalue weighted by Crippen LogP contribution is 2.28. The number of benzene rings is 1. The predicted octanol–water partition coefficient (Wildman–Crippen LogP) is 3.53. The SMILES string of the molecule is CCCOC1CCCN(C(CC#N)c2ccccc2)C1. The molecule has 20 heavy (non-hydrogen) atoms. The second kappa shape index (κ2) is 8.04. The molecule has 0 aromatic heterocycles. The summed E-state index contributed by atoms with van der Waals surface area (Å²) in [7, 11) is 0. The molecule has 3 nitrogen and oxygen atoms in total. The van der Waals surface area contributed by atoms with Crippen molar-refractivity contribution >= 4 is 0 Å². The molecule has 1 fully saturated rings. The van der Waals surface area contributed by atoms with Crippen molar-refractivity contribution in [2.24, 2.45) is 0 Å². The topological polar surface area (TPSA) is 36.3 Å². The summed E-state index contributed by atoms with van der Waals surface area (Å²) in [5.74, 6) is 0. The summed E-state index contributed by atoms with van der Waals surface area (Å²) >= 11 is 0. The lowest BCUT2D eigenvalue weighted by Crippen LogP contribution is -2.41. The molecule has 1 aliphatic heterocycles. The lowest BCUT2D eigenvalue weighted by molar-refractivity contribution is -0.0124. The summed E-state index contributed by atoms with van der Waals surface area (Å²) in [5.41, 5.74) is 1.24. The van der Waals surface area contributed by atoms with E-state index >= 15 is 0 Å². The van der Waals surface area contributed by atoms with Gasteiger partial charge in [-0.1, -0.05) is 37.3 Å². The highest BCUT2D eigenvalue weighted by molar-refractivity contribution is 5.20. The Balaban J connectivity index is 2.04. The molecule has 0 saturated carbocycles. The molecule has 0 radical (unpaired) electrons. The minimum atomic E-state index is 0.203. The summed E-state index contributed by atoms with van der Waals surface area (Å²) in [6.45, 7) is 4.99. The molecule has 3 heteroatoms. The fourth-order valence-electron chi connectivity index (χ4n) is 2.89. The van der Waals surface area contributed by atoms with Crippen LogP contribution in [0.5, 0.6) is 0 Å². The average molecular weight is 272 g/mol. The van der Waals surface area contributed by atoms with Gasteiger partial charge in [-0.05, 0) is 31.4 Å². The monoisotopic (exact) mass is 272 g/mol. The number of hydrogen-bond donors (Lipinski definition) is 0. The molecule has 1 saturated heterocycles. The zero-order valence-corrected chi connectivity index (χ0v) is 12.3. The van der Waals surface area contributed by atoms with E-state index in [0.29, 0.717) is 12.5 Å². The molecule has 1 aromatic rings. The van der Waals surface area contributed by atoms with E-state index in [1.165, 1.54) is 5.56 Å². The van der Waals surface area contributed by atoms with E-state index in [0.717, 1.165) is 39.0 Å². The highest BCUT2D eigenvalue weighted by atomic mass is 16.5. The Labute approximate surface area is 122 Å². The summed E-state index contributed by atoms with van der Waals surface area (Å²) in [5, 5.41) is 9.13. The molecule has 0 N–H and O–H groups in total. The Morgan fingerprint density at radius 2 is 2.20 bits per heavy atom. The molecule has 1 aliphatic rings. The van der Waals surface area contributed by atoms with E-state index in [4.69, 9.17) is 10.00 Å².